The van der Waals surface area contributed by atoms with Crippen LogP contribution in [0.15, 0.2) is 84.9 Å². The van der Waals surface area contributed by atoms with Gasteiger partial charge in [-0.15, -0.1) is 0 Å². The molecule has 0 amide bonds. The summed E-state index contributed by atoms with van der Waals surface area (Å²) in [5.41, 5.74) is 3.66. The first-order valence-corrected chi connectivity index (χ1v) is 7.08. The summed E-state index contributed by atoms with van der Waals surface area (Å²) in [6, 6.07) is 29.1. The molecular formula is C19H15AcCl. The van der Waals surface area contributed by atoms with Crippen molar-refractivity contribution in [2.24, 2.45) is 0 Å². The van der Waals surface area contributed by atoms with Crippen molar-refractivity contribution in [1.82, 2.24) is 0 Å². The van der Waals surface area contributed by atoms with Gasteiger partial charge in [0.25, 0.3) is 0 Å². The minimum atomic E-state index is 0. The fourth-order valence-electron chi connectivity index (χ4n) is 2.55. The van der Waals surface area contributed by atoms with Crippen LogP contribution in [-0.2, 0) is 0 Å². The topological polar surface area (TPSA) is 0 Å². The molecule has 0 spiro atoms. The fourth-order valence-corrected chi connectivity index (χ4v) is 2.80. The van der Waals surface area contributed by atoms with Crippen molar-refractivity contribution in [1.29, 1.82) is 0 Å². The van der Waals surface area contributed by atoms with E-state index in [0.717, 1.165) is 10.6 Å². The zero-order valence-electron chi connectivity index (χ0n) is 11.6. The van der Waals surface area contributed by atoms with Crippen molar-refractivity contribution in [3.05, 3.63) is 107 Å². The zero-order valence-corrected chi connectivity index (χ0v) is 17.1. The van der Waals surface area contributed by atoms with E-state index in [-0.39, 0.29) is 50.0 Å². The summed E-state index contributed by atoms with van der Waals surface area (Å²) in [5, 5.41) is 0.810. The second kappa shape index (κ2) is 8.14. The zero-order chi connectivity index (χ0) is 13.8. The van der Waals surface area contributed by atoms with Crippen LogP contribution < -0.4 is 0 Å². The summed E-state index contributed by atoms with van der Waals surface area (Å²) in [6.07, 6.45) is 0. The standard InChI is InChI=1S/C19H15Cl.Ac/c20-18-14-8-7-13-17(18)19(15-9-3-1-4-10-15)16-11-5-2-6-12-16;/h1-14,19H;. The second-order valence-electron chi connectivity index (χ2n) is 4.78. The Hall–Kier alpha value is -0.608. The summed E-state index contributed by atoms with van der Waals surface area (Å²) in [6.45, 7) is 0. The van der Waals surface area contributed by atoms with E-state index in [0.29, 0.717) is 0 Å². The van der Waals surface area contributed by atoms with Gasteiger partial charge in [-0.2, -0.15) is 0 Å². The Morgan fingerprint density at radius 1 is 0.571 bits per heavy atom. The first-order valence-electron chi connectivity index (χ1n) is 6.70. The van der Waals surface area contributed by atoms with Crippen molar-refractivity contribution >= 4 is 11.6 Å². The SMILES string of the molecule is Clc1ccccc1C(c1ccccc1)c1ccccc1.[Ac]. The van der Waals surface area contributed by atoms with Crippen LogP contribution in [-0.4, -0.2) is 0 Å². The molecule has 0 saturated heterocycles. The molecule has 1 radical (unpaired) electrons. The molecule has 0 aliphatic heterocycles. The number of hydrogen-bond acceptors (Lipinski definition) is 0. The fraction of sp³-hybridized carbons (Fsp3) is 0.0526. The summed E-state index contributed by atoms with van der Waals surface area (Å²) < 4.78 is 0. The van der Waals surface area contributed by atoms with E-state index < -0.39 is 0 Å². The van der Waals surface area contributed by atoms with Crippen LogP contribution in [0.3, 0.4) is 0 Å². The average Bonchev–Trinajstić information content (AvgIpc) is 2.52. The number of benzene rings is 3. The molecule has 2 heteroatoms. The summed E-state index contributed by atoms with van der Waals surface area (Å²) in [7, 11) is 0. The van der Waals surface area contributed by atoms with Gasteiger partial charge in [-0.05, 0) is 22.8 Å². The maximum Gasteiger partial charge on any atom is 0.0447 e. The Balaban J connectivity index is 0.00000161. The largest absolute Gasteiger partial charge is 0.0840 e. The van der Waals surface area contributed by atoms with Crippen LogP contribution in [0.2, 0.25) is 5.02 Å². The molecule has 0 aliphatic carbocycles. The Morgan fingerprint density at radius 2 is 1.00 bits per heavy atom. The van der Waals surface area contributed by atoms with E-state index >= 15 is 0 Å². The first kappa shape index (κ1) is 16.8. The summed E-state index contributed by atoms with van der Waals surface area (Å²) in [4.78, 5) is 0. The van der Waals surface area contributed by atoms with Crippen LogP contribution >= 0.6 is 11.6 Å². The molecule has 0 N–H and O–H groups in total. The number of hydrogen-bond donors (Lipinski definition) is 0. The number of halogens is 1. The normalized spacial score (nSPS) is 10.2. The minimum Gasteiger partial charge on any atom is -0.0840 e. The molecule has 0 fully saturated rings. The Labute approximate surface area is 166 Å². The molecule has 0 aromatic heterocycles. The third-order valence-corrected chi connectivity index (χ3v) is 3.83. The van der Waals surface area contributed by atoms with Crippen LogP contribution in [0.25, 0.3) is 0 Å². The van der Waals surface area contributed by atoms with E-state index in [9.17, 15) is 0 Å². The average molecular weight is 506 g/mol. The van der Waals surface area contributed by atoms with Gasteiger partial charge in [0, 0.05) is 55.0 Å². The van der Waals surface area contributed by atoms with Crippen molar-refractivity contribution in [2.75, 3.05) is 0 Å². The number of rotatable bonds is 3. The molecule has 3 aromatic rings. The van der Waals surface area contributed by atoms with Gasteiger partial charge in [-0.1, -0.05) is 90.5 Å². The van der Waals surface area contributed by atoms with Crippen molar-refractivity contribution < 1.29 is 44.1 Å². The molecule has 0 saturated carbocycles. The molecule has 0 heterocycles. The molecule has 0 unspecified atom stereocenters. The van der Waals surface area contributed by atoms with Crippen molar-refractivity contribution in [2.45, 2.75) is 5.92 Å². The smallest absolute Gasteiger partial charge is 0.0447 e. The van der Waals surface area contributed by atoms with Gasteiger partial charge in [0.2, 0.25) is 0 Å². The third-order valence-electron chi connectivity index (χ3n) is 3.48. The van der Waals surface area contributed by atoms with Gasteiger partial charge < -0.3 is 0 Å². The molecule has 3 aromatic carbocycles. The summed E-state index contributed by atoms with van der Waals surface area (Å²) in [5.74, 6) is 0.172. The maximum atomic E-state index is 6.42. The van der Waals surface area contributed by atoms with Gasteiger partial charge in [-0.25, -0.2) is 0 Å². The van der Waals surface area contributed by atoms with Crippen LogP contribution in [0.4, 0.5) is 0 Å². The van der Waals surface area contributed by atoms with Crippen LogP contribution in [0, 0.1) is 44.1 Å². The van der Waals surface area contributed by atoms with E-state index in [2.05, 4.69) is 54.6 Å². The van der Waals surface area contributed by atoms with Crippen LogP contribution in [0.1, 0.15) is 22.6 Å². The Kier molecular flexibility index (Phi) is 6.49. The second-order valence-corrected chi connectivity index (χ2v) is 5.18. The van der Waals surface area contributed by atoms with Crippen LogP contribution in [0.5, 0.6) is 0 Å². The molecule has 0 nitrogen and oxygen atoms in total. The Bertz CT molecular complexity index is 641. The van der Waals surface area contributed by atoms with Crippen molar-refractivity contribution in [3.8, 4) is 0 Å². The molecule has 21 heavy (non-hydrogen) atoms. The summed E-state index contributed by atoms with van der Waals surface area (Å²) >= 11 is 6.42. The predicted molar refractivity (Wildman–Crippen MR) is 85.3 cm³/mol. The first-order chi connectivity index (χ1) is 9.86. The van der Waals surface area contributed by atoms with E-state index in [4.69, 9.17) is 11.6 Å². The van der Waals surface area contributed by atoms with Gasteiger partial charge >= 0.3 is 0 Å². The molecule has 0 aliphatic rings. The quantitative estimate of drug-likeness (QED) is 0.411. The monoisotopic (exact) mass is 505 g/mol. The maximum absolute atomic E-state index is 6.42. The molecule has 101 valence electrons. The van der Waals surface area contributed by atoms with E-state index in [1.807, 2.05) is 30.3 Å². The molecule has 3 rings (SSSR count). The predicted octanol–water partition coefficient (Wildman–Crippen LogP) is 5.52. The van der Waals surface area contributed by atoms with Gasteiger partial charge in [0.15, 0.2) is 0 Å². The molecule has 0 atom stereocenters. The minimum absolute atomic E-state index is 0. The van der Waals surface area contributed by atoms with Crippen molar-refractivity contribution in [3.63, 3.8) is 0 Å². The van der Waals surface area contributed by atoms with E-state index in [1.165, 1.54) is 11.1 Å². The third kappa shape index (κ3) is 3.98. The molecular weight excluding hydrogens is 491 g/mol. The van der Waals surface area contributed by atoms with E-state index in [1.54, 1.807) is 0 Å². The molecule has 0 bridgehead atoms. The van der Waals surface area contributed by atoms with Gasteiger partial charge in [0.05, 0.1) is 0 Å². The van der Waals surface area contributed by atoms with Gasteiger partial charge in [-0.3, -0.25) is 0 Å². The van der Waals surface area contributed by atoms with Gasteiger partial charge in [0.1, 0.15) is 0 Å². The Morgan fingerprint density at radius 3 is 1.48 bits per heavy atom.